The minimum atomic E-state index is -1.01. The number of rotatable bonds is 3. The van der Waals surface area contributed by atoms with Gasteiger partial charge in [-0.2, -0.15) is 0 Å². The third-order valence-corrected chi connectivity index (χ3v) is 4.92. The molecule has 2 unspecified atom stereocenters. The summed E-state index contributed by atoms with van der Waals surface area (Å²) in [7, 11) is 0. The van der Waals surface area contributed by atoms with Crippen LogP contribution in [0.1, 0.15) is 38.5 Å². The number of carboxylic acid groups (broad SMARTS) is 1. The predicted octanol–water partition coefficient (Wildman–Crippen LogP) is -0.0465. The molecule has 0 spiro atoms. The summed E-state index contributed by atoms with van der Waals surface area (Å²) in [5.74, 6) is -0.769. The number of aliphatic hydroxyl groups is 1. The zero-order valence-electron chi connectivity index (χ0n) is 11.5. The molecule has 3 aliphatic rings. The summed E-state index contributed by atoms with van der Waals surface area (Å²) in [6.07, 6.45) is 4.27. The predicted molar refractivity (Wildman–Crippen MR) is 71.0 cm³/mol. The molecular weight excluding hydrogens is 260 g/mol. The minimum absolute atomic E-state index is 0.111. The Morgan fingerprint density at radius 1 is 1.15 bits per heavy atom. The van der Waals surface area contributed by atoms with Crippen LogP contribution >= 0.6 is 0 Å². The van der Waals surface area contributed by atoms with Gasteiger partial charge in [-0.1, -0.05) is 0 Å². The van der Waals surface area contributed by atoms with Gasteiger partial charge in [0.05, 0.1) is 6.10 Å². The molecule has 6 heteroatoms. The molecule has 0 aromatic heterocycles. The van der Waals surface area contributed by atoms with Crippen LogP contribution in [0.5, 0.6) is 0 Å². The maximum atomic E-state index is 12.3. The fourth-order valence-corrected chi connectivity index (χ4v) is 4.03. The first-order valence-electron chi connectivity index (χ1n) is 7.49. The van der Waals surface area contributed by atoms with Gasteiger partial charge in [0.1, 0.15) is 6.04 Å². The number of fused-ring (bicyclic) bond motifs is 2. The van der Waals surface area contributed by atoms with Crippen molar-refractivity contribution in [3.63, 3.8) is 0 Å². The highest BCUT2D eigenvalue weighted by molar-refractivity contribution is 5.84. The summed E-state index contributed by atoms with van der Waals surface area (Å²) >= 11 is 0. The summed E-state index contributed by atoms with van der Waals surface area (Å²) < 4.78 is 0. The molecule has 6 nitrogen and oxygen atoms in total. The van der Waals surface area contributed by atoms with Crippen LogP contribution in [-0.4, -0.2) is 57.8 Å². The molecule has 0 saturated carbocycles. The van der Waals surface area contributed by atoms with Crippen molar-refractivity contribution in [3.05, 3.63) is 0 Å². The number of aliphatic hydroxyl groups excluding tert-OH is 1. The highest BCUT2D eigenvalue weighted by Gasteiger charge is 2.41. The number of carboxylic acids is 1. The summed E-state index contributed by atoms with van der Waals surface area (Å²) in [5.41, 5.74) is 0. The monoisotopic (exact) mass is 282 g/mol. The van der Waals surface area contributed by atoms with E-state index in [4.69, 9.17) is 5.11 Å². The molecule has 3 saturated heterocycles. The number of hydrogen-bond donors (Lipinski definition) is 3. The van der Waals surface area contributed by atoms with E-state index in [1.54, 1.807) is 0 Å². The molecule has 3 N–H and O–H groups in total. The van der Waals surface area contributed by atoms with Gasteiger partial charge in [0.2, 0.25) is 5.91 Å². The van der Waals surface area contributed by atoms with Gasteiger partial charge in [-0.3, -0.25) is 4.79 Å². The Labute approximate surface area is 118 Å². The maximum Gasteiger partial charge on any atom is 0.326 e. The molecule has 1 amide bonds. The van der Waals surface area contributed by atoms with E-state index in [9.17, 15) is 14.7 Å². The van der Waals surface area contributed by atoms with Gasteiger partial charge in [0, 0.05) is 31.5 Å². The van der Waals surface area contributed by atoms with E-state index in [0.29, 0.717) is 24.4 Å². The summed E-state index contributed by atoms with van der Waals surface area (Å²) in [4.78, 5) is 24.9. The lowest BCUT2D eigenvalue weighted by atomic mass is 9.89. The first-order chi connectivity index (χ1) is 9.52. The molecule has 0 aromatic carbocycles. The van der Waals surface area contributed by atoms with Crippen LogP contribution in [0.4, 0.5) is 0 Å². The number of carbonyl (C=O) groups excluding carboxylic acids is 1. The minimum Gasteiger partial charge on any atom is -0.480 e. The smallest absolute Gasteiger partial charge is 0.326 e. The van der Waals surface area contributed by atoms with E-state index in [0.717, 1.165) is 12.8 Å². The fourth-order valence-electron chi connectivity index (χ4n) is 4.03. The number of likely N-dealkylation sites (tertiary alicyclic amines) is 1. The van der Waals surface area contributed by atoms with Crippen LogP contribution in [0, 0.1) is 5.92 Å². The molecule has 3 aliphatic heterocycles. The Balaban J connectivity index is 1.60. The van der Waals surface area contributed by atoms with E-state index < -0.39 is 18.1 Å². The summed E-state index contributed by atoms with van der Waals surface area (Å²) in [6.45, 7) is 0.160. The van der Waals surface area contributed by atoms with E-state index in [2.05, 4.69) is 5.32 Å². The lowest BCUT2D eigenvalue weighted by Crippen LogP contribution is -2.43. The summed E-state index contributed by atoms with van der Waals surface area (Å²) in [6, 6.07) is 0.216. The Morgan fingerprint density at radius 3 is 2.40 bits per heavy atom. The number of β-amino-alcohol motifs (C(OH)–C–C–N with tert-alkyl or cyclic N) is 1. The van der Waals surface area contributed by atoms with Gasteiger partial charge >= 0.3 is 5.97 Å². The molecule has 2 bridgehead atoms. The SMILES string of the molecule is O=C(O)[C@@H]1C[C@@H](O)CN1C(=O)CC1CC2CCC(C1)N2. The largest absolute Gasteiger partial charge is 0.480 e. The number of carbonyl (C=O) groups is 2. The highest BCUT2D eigenvalue weighted by atomic mass is 16.4. The Hall–Kier alpha value is -1.14. The topological polar surface area (TPSA) is 89.9 Å². The Kier molecular flexibility index (Phi) is 3.69. The van der Waals surface area contributed by atoms with Crippen LogP contribution in [0.15, 0.2) is 0 Å². The molecule has 0 aromatic rings. The van der Waals surface area contributed by atoms with Gasteiger partial charge in [-0.15, -0.1) is 0 Å². The molecule has 3 heterocycles. The zero-order valence-corrected chi connectivity index (χ0v) is 11.5. The fraction of sp³-hybridized carbons (Fsp3) is 0.857. The van der Waals surface area contributed by atoms with Crippen LogP contribution in [-0.2, 0) is 9.59 Å². The van der Waals surface area contributed by atoms with Crippen molar-refractivity contribution < 1.29 is 19.8 Å². The van der Waals surface area contributed by atoms with Gasteiger partial charge in [-0.25, -0.2) is 4.79 Å². The molecule has 0 aliphatic carbocycles. The second-order valence-corrected chi connectivity index (χ2v) is 6.47. The number of nitrogens with one attached hydrogen (secondary N) is 1. The van der Waals surface area contributed by atoms with Gasteiger partial charge in [0.25, 0.3) is 0 Å². The van der Waals surface area contributed by atoms with Crippen LogP contribution in [0.25, 0.3) is 0 Å². The van der Waals surface area contributed by atoms with Gasteiger partial charge in [0.15, 0.2) is 0 Å². The number of piperidine rings is 1. The number of amides is 1. The van der Waals surface area contributed by atoms with Crippen LogP contribution in [0.3, 0.4) is 0 Å². The third kappa shape index (κ3) is 2.67. The van der Waals surface area contributed by atoms with Gasteiger partial charge in [-0.05, 0) is 31.6 Å². The molecule has 20 heavy (non-hydrogen) atoms. The lowest BCUT2D eigenvalue weighted by Gasteiger charge is -2.30. The highest BCUT2D eigenvalue weighted by Crippen LogP contribution is 2.33. The molecule has 0 radical (unpaired) electrons. The lowest BCUT2D eigenvalue weighted by molar-refractivity contribution is -0.148. The van der Waals surface area contributed by atoms with Crippen molar-refractivity contribution >= 4 is 11.9 Å². The van der Waals surface area contributed by atoms with E-state index >= 15 is 0 Å². The van der Waals surface area contributed by atoms with Crippen molar-refractivity contribution in [2.75, 3.05) is 6.54 Å². The molecule has 112 valence electrons. The van der Waals surface area contributed by atoms with Crippen LogP contribution in [0.2, 0.25) is 0 Å². The average molecular weight is 282 g/mol. The number of nitrogens with zero attached hydrogens (tertiary/aromatic N) is 1. The standard InChI is InChI=1S/C14H22N2O4/c17-11-6-12(14(19)20)16(7-11)13(18)5-8-3-9-1-2-10(4-8)15-9/h8-12,15,17H,1-7H2,(H,19,20)/t8?,9?,10?,11-,12+/m1/s1. The van der Waals surface area contributed by atoms with Crippen molar-refractivity contribution in [1.29, 1.82) is 0 Å². The quantitative estimate of drug-likeness (QED) is 0.675. The van der Waals surface area contributed by atoms with Crippen LogP contribution < -0.4 is 5.32 Å². The number of hydrogen-bond acceptors (Lipinski definition) is 4. The second kappa shape index (κ2) is 5.33. The van der Waals surface area contributed by atoms with Crippen molar-refractivity contribution in [2.24, 2.45) is 5.92 Å². The first kappa shape index (κ1) is 13.8. The van der Waals surface area contributed by atoms with E-state index in [1.807, 2.05) is 0 Å². The van der Waals surface area contributed by atoms with Crippen molar-refractivity contribution in [2.45, 2.75) is 62.8 Å². The Morgan fingerprint density at radius 2 is 1.80 bits per heavy atom. The molecule has 4 atom stereocenters. The third-order valence-electron chi connectivity index (χ3n) is 4.92. The van der Waals surface area contributed by atoms with Gasteiger partial charge < -0.3 is 20.4 Å². The zero-order chi connectivity index (χ0) is 14.3. The van der Waals surface area contributed by atoms with Crippen molar-refractivity contribution in [1.82, 2.24) is 10.2 Å². The molecule has 3 fully saturated rings. The van der Waals surface area contributed by atoms with Crippen molar-refractivity contribution in [3.8, 4) is 0 Å². The Bertz CT molecular complexity index is 402. The summed E-state index contributed by atoms with van der Waals surface area (Å²) in [5, 5.41) is 22.3. The second-order valence-electron chi connectivity index (χ2n) is 6.47. The normalized spacial score (nSPS) is 40.0. The molecular formula is C14H22N2O4. The first-order valence-corrected chi connectivity index (χ1v) is 7.49. The van der Waals surface area contributed by atoms with E-state index in [-0.39, 0.29) is 18.9 Å². The maximum absolute atomic E-state index is 12.3. The molecule has 3 rings (SSSR count). The number of aliphatic carboxylic acids is 1. The van der Waals surface area contributed by atoms with E-state index in [1.165, 1.54) is 17.7 Å². The average Bonchev–Trinajstić information content (AvgIpc) is 2.93.